The molecular formula is C15H24ClN3. The summed E-state index contributed by atoms with van der Waals surface area (Å²) >= 11 is 5.89. The monoisotopic (exact) mass is 281 g/mol. The van der Waals surface area contributed by atoms with E-state index in [0.29, 0.717) is 11.1 Å². The minimum absolute atomic E-state index is 0.680. The summed E-state index contributed by atoms with van der Waals surface area (Å²) in [5, 5.41) is 0.716. The normalized spacial score (nSPS) is 26.6. The van der Waals surface area contributed by atoms with Crippen LogP contribution >= 0.6 is 11.6 Å². The molecule has 3 nitrogen and oxygen atoms in total. The molecule has 1 aromatic rings. The number of hydrogen-bond acceptors (Lipinski definition) is 3. The third-order valence-electron chi connectivity index (χ3n) is 4.04. The van der Waals surface area contributed by atoms with E-state index in [1.54, 1.807) is 6.20 Å². The first kappa shape index (κ1) is 14.6. The molecule has 2 saturated heterocycles. The van der Waals surface area contributed by atoms with Crippen LogP contribution in [0.25, 0.3) is 0 Å². The van der Waals surface area contributed by atoms with Crippen molar-refractivity contribution in [1.82, 2.24) is 9.88 Å². The van der Waals surface area contributed by atoms with Gasteiger partial charge in [-0.05, 0) is 44.5 Å². The zero-order valence-corrected chi connectivity index (χ0v) is 12.9. The van der Waals surface area contributed by atoms with Crippen LogP contribution in [0, 0.1) is 5.92 Å². The average molecular weight is 282 g/mol. The van der Waals surface area contributed by atoms with Gasteiger partial charge in [-0.15, -0.1) is 0 Å². The van der Waals surface area contributed by atoms with Crippen LogP contribution in [0.3, 0.4) is 0 Å². The second-order valence-corrected chi connectivity index (χ2v) is 5.63. The van der Waals surface area contributed by atoms with Gasteiger partial charge in [-0.1, -0.05) is 25.4 Å². The lowest BCUT2D eigenvalue weighted by Gasteiger charge is -2.36. The van der Waals surface area contributed by atoms with Gasteiger partial charge < -0.3 is 9.80 Å². The lowest BCUT2D eigenvalue weighted by molar-refractivity contribution is 0.202. The van der Waals surface area contributed by atoms with Gasteiger partial charge in [0.15, 0.2) is 0 Å². The zero-order chi connectivity index (χ0) is 13.8. The molecule has 3 heterocycles. The Balaban J connectivity index is 0.000000637. The van der Waals surface area contributed by atoms with E-state index in [-0.39, 0.29) is 0 Å². The summed E-state index contributed by atoms with van der Waals surface area (Å²) in [6.07, 6.45) is 4.30. The molecule has 106 valence electrons. The van der Waals surface area contributed by atoms with Gasteiger partial charge in [-0.2, -0.15) is 0 Å². The fraction of sp³-hybridized carbons (Fsp3) is 0.667. The fourth-order valence-corrected chi connectivity index (χ4v) is 3.30. The maximum atomic E-state index is 5.89. The lowest BCUT2D eigenvalue weighted by atomic mass is 9.93. The topological polar surface area (TPSA) is 19.4 Å². The van der Waals surface area contributed by atoms with Crippen LogP contribution in [0.15, 0.2) is 18.3 Å². The minimum atomic E-state index is 0.680. The van der Waals surface area contributed by atoms with Crippen LogP contribution in [0.1, 0.15) is 26.7 Å². The predicted octanol–water partition coefficient (Wildman–Crippen LogP) is 3.29. The highest BCUT2D eigenvalue weighted by atomic mass is 35.5. The van der Waals surface area contributed by atoms with Gasteiger partial charge in [0.05, 0.1) is 5.02 Å². The van der Waals surface area contributed by atoms with E-state index in [4.69, 9.17) is 11.6 Å². The first-order chi connectivity index (χ1) is 9.24. The Labute approximate surface area is 121 Å². The molecule has 2 atom stereocenters. The summed E-state index contributed by atoms with van der Waals surface area (Å²) in [6, 6.07) is 4.66. The summed E-state index contributed by atoms with van der Waals surface area (Å²) < 4.78 is 0. The Bertz CT molecular complexity index is 393. The molecule has 0 spiro atoms. The Morgan fingerprint density at radius 2 is 2.00 bits per heavy atom. The van der Waals surface area contributed by atoms with Crippen LogP contribution in [-0.4, -0.2) is 42.6 Å². The highest BCUT2D eigenvalue weighted by Crippen LogP contribution is 2.33. The van der Waals surface area contributed by atoms with Gasteiger partial charge in [0.2, 0.25) is 0 Å². The maximum Gasteiger partial charge on any atom is 0.128 e. The van der Waals surface area contributed by atoms with Gasteiger partial charge in [-0.3, -0.25) is 0 Å². The summed E-state index contributed by atoms with van der Waals surface area (Å²) in [7, 11) is 2.22. The molecule has 4 heteroatoms. The number of hydrogen-bond donors (Lipinski definition) is 0. The summed E-state index contributed by atoms with van der Waals surface area (Å²) in [6.45, 7) is 7.57. The molecular weight excluding hydrogens is 258 g/mol. The van der Waals surface area contributed by atoms with Gasteiger partial charge in [0.25, 0.3) is 0 Å². The molecule has 1 aromatic heterocycles. The lowest BCUT2D eigenvalue weighted by Crippen LogP contribution is -2.44. The summed E-state index contributed by atoms with van der Waals surface area (Å²) in [5.41, 5.74) is 0. The minimum Gasteiger partial charge on any atom is -0.353 e. The highest BCUT2D eigenvalue weighted by molar-refractivity contribution is 6.30. The molecule has 2 aliphatic heterocycles. The fourth-order valence-electron chi connectivity index (χ4n) is 3.19. The number of fused-ring (bicyclic) bond motifs is 1. The van der Waals surface area contributed by atoms with Crippen molar-refractivity contribution in [2.45, 2.75) is 32.7 Å². The number of rotatable bonds is 1. The summed E-state index contributed by atoms with van der Waals surface area (Å²) in [5.74, 6) is 1.90. The molecule has 3 rings (SSSR count). The van der Waals surface area contributed by atoms with E-state index >= 15 is 0 Å². The van der Waals surface area contributed by atoms with Crippen molar-refractivity contribution in [3.63, 3.8) is 0 Å². The van der Waals surface area contributed by atoms with Gasteiger partial charge >= 0.3 is 0 Å². The van der Waals surface area contributed by atoms with E-state index in [1.165, 1.54) is 25.9 Å². The second kappa shape index (κ2) is 6.58. The third-order valence-corrected chi connectivity index (χ3v) is 4.27. The van der Waals surface area contributed by atoms with Gasteiger partial charge in [0, 0.05) is 25.3 Å². The number of pyridine rings is 1. The molecule has 2 fully saturated rings. The molecule has 2 aliphatic rings. The maximum absolute atomic E-state index is 5.89. The number of nitrogens with zero attached hydrogens (tertiary/aromatic N) is 3. The van der Waals surface area contributed by atoms with Crippen molar-refractivity contribution in [3.05, 3.63) is 23.4 Å². The summed E-state index contributed by atoms with van der Waals surface area (Å²) in [4.78, 5) is 9.36. The smallest absolute Gasteiger partial charge is 0.128 e. The first-order valence-corrected chi connectivity index (χ1v) is 7.68. The Hall–Kier alpha value is -0.800. The van der Waals surface area contributed by atoms with Gasteiger partial charge in [0.1, 0.15) is 5.82 Å². The SMILES string of the molecule is CC.CN1CCC2C(CCN2c2ccc(Cl)cn2)C1. The van der Waals surface area contributed by atoms with E-state index in [0.717, 1.165) is 18.3 Å². The number of aromatic nitrogens is 1. The van der Waals surface area contributed by atoms with E-state index < -0.39 is 0 Å². The highest BCUT2D eigenvalue weighted by Gasteiger charge is 2.37. The Kier molecular flexibility index (Phi) is 5.06. The first-order valence-electron chi connectivity index (χ1n) is 7.31. The average Bonchev–Trinajstić information content (AvgIpc) is 2.85. The van der Waals surface area contributed by atoms with Crippen LogP contribution in [0.2, 0.25) is 5.02 Å². The van der Waals surface area contributed by atoms with Crippen molar-refractivity contribution in [2.75, 3.05) is 31.6 Å². The van der Waals surface area contributed by atoms with Crippen molar-refractivity contribution >= 4 is 17.4 Å². The molecule has 0 amide bonds. The third kappa shape index (κ3) is 3.21. The van der Waals surface area contributed by atoms with Crippen molar-refractivity contribution in [2.24, 2.45) is 5.92 Å². The number of anilines is 1. The molecule has 0 saturated carbocycles. The number of halogens is 1. The number of likely N-dealkylation sites (tertiary alicyclic amines) is 1. The zero-order valence-electron chi connectivity index (χ0n) is 12.1. The van der Waals surface area contributed by atoms with Crippen molar-refractivity contribution in [3.8, 4) is 0 Å². The van der Waals surface area contributed by atoms with Gasteiger partial charge in [-0.25, -0.2) is 4.98 Å². The van der Waals surface area contributed by atoms with E-state index in [9.17, 15) is 0 Å². The van der Waals surface area contributed by atoms with E-state index in [1.807, 2.05) is 26.0 Å². The standard InChI is InChI=1S/C13H18ClN3.C2H6/c1-16-6-5-12-10(9-16)4-7-17(12)13-3-2-11(14)8-15-13;1-2/h2-3,8,10,12H,4-7,9H2,1H3;1-2H3. The van der Waals surface area contributed by atoms with Crippen LogP contribution in [0.5, 0.6) is 0 Å². The predicted molar refractivity (Wildman–Crippen MR) is 82.0 cm³/mol. The molecule has 0 aliphatic carbocycles. The Morgan fingerprint density at radius 1 is 1.21 bits per heavy atom. The Morgan fingerprint density at radius 3 is 2.68 bits per heavy atom. The van der Waals surface area contributed by atoms with Crippen molar-refractivity contribution < 1.29 is 0 Å². The molecule has 0 N–H and O–H groups in total. The molecule has 0 bridgehead atoms. The van der Waals surface area contributed by atoms with Crippen LogP contribution in [-0.2, 0) is 0 Å². The van der Waals surface area contributed by atoms with Crippen molar-refractivity contribution in [1.29, 1.82) is 0 Å². The van der Waals surface area contributed by atoms with Crippen LogP contribution in [0.4, 0.5) is 5.82 Å². The molecule has 0 radical (unpaired) electrons. The largest absolute Gasteiger partial charge is 0.353 e. The molecule has 2 unspecified atom stereocenters. The number of piperidine rings is 1. The molecule has 19 heavy (non-hydrogen) atoms. The molecule has 0 aromatic carbocycles. The quantitative estimate of drug-likeness (QED) is 0.787. The van der Waals surface area contributed by atoms with E-state index in [2.05, 4.69) is 21.8 Å². The van der Waals surface area contributed by atoms with Crippen LogP contribution < -0.4 is 4.90 Å². The second-order valence-electron chi connectivity index (χ2n) is 5.20.